The zero-order chi connectivity index (χ0) is 25.9. The largest absolute Gasteiger partial charge is 0.465 e. The molecule has 7 heteroatoms. The minimum atomic E-state index is -0.889. The Morgan fingerprint density at radius 1 is 0.971 bits per heavy atom. The van der Waals surface area contributed by atoms with Crippen LogP contribution in [0.2, 0.25) is 0 Å². The molecule has 0 amide bonds. The molecule has 14 atom stereocenters. The average Bonchev–Trinajstić information content (AvgIpc) is 3.14. The third-order valence-electron chi connectivity index (χ3n) is 11.7. The Balaban J connectivity index is 1.56. The first-order valence-corrected chi connectivity index (χ1v) is 13.9. The summed E-state index contributed by atoms with van der Waals surface area (Å²) in [4.78, 5) is 13.0. The van der Waals surface area contributed by atoms with Gasteiger partial charge in [0.1, 0.15) is 0 Å². The maximum atomic E-state index is 13.0. The molecule has 7 nitrogen and oxygen atoms in total. The number of ether oxygens (including phenoxy) is 1. The lowest BCUT2D eigenvalue weighted by molar-refractivity contribution is -0.162. The second-order valence-corrected chi connectivity index (χ2v) is 13.2. The molecule has 4 fully saturated rings. The first-order chi connectivity index (χ1) is 16.4. The van der Waals surface area contributed by atoms with Gasteiger partial charge in [0.25, 0.3) is 0 Å². The van der Waals surface area contributed by atoms with E-state index < -0.39 is 29.8 Å². The summed E-state index contributed by atoms with van der Waals surface area (Å²) >= 11 is 0. The highest BCUT2D eigenvalue weighted by Crippen LogP contribution is 2.66. The van der Waals surface area contributed by atoms with Crippen LogP contribution in [0.1, 0.15) is 73.1 Å². The molecule has 4 aliphatic rings. The van der Waals surface area contributed by atoms with Gasteiger partial charge in [-0.15, -0.1) is 0 Å². The third-order valence-corrected chi connectivity index (χ3v) is 11.7. The highest BCUT2D eigenvalue weighted by atomic mass is 16.5. The van der Waals surface area contributed by atoms with Crippen LogP contribution in [-0.4, -0.2) is 69.1 Å². The number of fused-ring (bicyclic) bond motifs is 5. The smallest absolute Gasteiger partial charge is 0.309 e. The van der Waals surface area contributed by atoms with Crippen LogP contribution in [0.3, 0.4) is 0 Å². The van der Waals surface area contributed by atoms with Gasteiger partial charge < -0.3 is 30.3 Å². The highest BCUT2D eigenvalue weighted by Gasteiger charge is 2.63. The third kappa shape index (κ3) is 4.37. The highest BCUT2D eigenvalue weighted by molar-refractivity contribution is 5.74. The van der Waals surface area contributed by atoms with E-state index in [-0.39, 0.29) is 65.8 Å². The van der Waals surface area contributed by atoms with Gasteiger partial charge in [0.2, 0.25) is 0 Å². The van der Waals surface area contributed by atoms with E-state index in [2.05, 4.69) is 20.8 Å². The van der Waals surface area contributed by atoms with Crippen molar-refractivity contribution in [1.82, 2.24) is 0 Å². The number of esters is 1. The Labute approximate surface area is 210 Å². The molecule has 1 aliphatic heterocycles. The van der Waals surface area contributed by atoms with Crippen LogP contribution in [0.15, 0.2) is 0 Å². The molecule has 3 aliphatic carbocycles. The van der Waals surface area contributed by atoms with Crippen molar-refractivity contribution in [2.24, 2.45) is 58.2 Å². The van der Waals surface area contributed by atoms with Crippen LogP contribution in [0.5, 0.6) is 0 Å². The van der Waals surface area contributed by atoms with Crippen LogP contribution in [0.4, 0.5) is 0 Å². The molecule has 0 radical (unpaired) electrons. The van der Waals surface area contributed by atoms with Gasteiger partial charge in [-0.3, -0.25) is 4.79 Å². The molecule has 0 aromatic heterocycles. The lowest BCUT2D eigenvalue weighted by atomic mass is 9.48. The standard InChI is InChI=1S/C28H48O7/c1-14(12-29)15(2)24(32)25(33)16(3)18-6-7-19-17-13-35-26(34)21-10-22(30)23(31)11-28(21,5)20(17)8-9-27(18,19)4/h14-25,29-33H,6-13H2,1-5H3/t14?,15-,16-,17-,18+,19?,20-,21+,22-,23+,24+,25+,27+,28+/m0/s1. The molecule has 0 aromatic rings. The molecule has 5 N–H and O–H groups in total. The van der Waals surface area contributed by atoms with Gasteiger partial charge in [0, 0.05) is 6.61 Å². The van der Waals surface area contributed by atoms with E-state index in [0.717, 1.165) is 25.7 Å². The van der Waals surface area contributed by atoms with E-state index in [9.17, 15) is 30.3 Å². The van der Waals surface area contributed by atoms with Crippen molar-refractivity contribution in [1.29, 1.82) is 0 Å². The summed E-state index contributed by atoms with van der Waals surface area (Å²) in [5, 5.41) is 52.4. The molecule has 4 rings (SSSR count). The molecule has 1 heterocycles. The summed E-state index contributed by atoms with van der Waals surface area (Å²) in [5.41, 5.74) is -0.421. The van der Waals surface area contributed by atoms with Gasteiger partial charge in [0.05, 0.1) is 36.9 Å². The minimum Gasteiger partial charge on any atom is -0.465 e. The van der Waals surface area contributed by atoms with Crippen LogP contribution in [-0.2, 0) is 9.53 Å². The average molecular weight is 497 g/mol. The summed E-state index contributed by atoms with van der Waals surface area (Å²) in [7, 11) is 0. The normalized spacial score (nSPS) is 47.8. The number of hydrogen-bond acceptors (Lipinski definition) is 7. The molecule has 202 valence electrons. The van der Waals surface area contributed by atoms with E-state index in [1.54, 1.807) is 0 Å². The maximum Gasteiger partial charge on any atom is 0.309 e. The van der Waals surface area contributed by atoms with Crippen molar-refractivity contribution in [2.45, 2.75) is 97.6 Å². The second-order valence-electron chi connectivity index (χ2n) is 13.2. The fourth-order valence-corrected chi connectivity index (χ4v) is 9.06. The molecule has 35 heavy (non-hydrogen) atoms. The summed E-state index contributed by atoms with van der Waals surface area (Å²) in [6, 6.07) is 0. The molecule has 0 aromatic carbocycles. The molecule has 3 saturated carbocycles. The van der Waals surface area contributed by atoms with Crippen molar-refractivity contribution in [3.63, 3.8) is 0 Å². The van der Waals surface area contributed by atoms with E-state index in [1.807, 2.05) is 13.8 Å². The SMILES string of the molecule is CC(CO)[C@H](C)[C@@H](O)[C@H](O)[C@@H](C)[C@H]1CCC2[C@@H]3COC(=O)[C@H]4C[C@H](O)[C@H](O)C[C@]4(C)[C@H]3CC[C@@]21C. The number of carbonyl (C=O) groups excluding carboxylic acids is 1. The summed E-state index contributed by atoms with van der Waals surface area (Å²) in [6.07, 6.45) is 1.12. The Kier molecular flexibility index (Phi) is 7.70. The second kappa shape index (κ2) is 9.86. The predicted molar refractivity (Wildman–Crippen MR) is 131 cm³/mol. The van der Waals surface area contributed by atoms with E-state index in [0.29, 0.717) is 18.9 Å². The topological polar surface area (TPSA) is 127 Å². The molecule has 0 spiro atoms. The van der Waals surface area contributed by atoms with Crippen molar-refractivity contribution in [3.05, 3.63) is 0 Å². The van der Waals surface area contributed by atoms with Gasteiger partial charge in [-0.05, 0) is 90.8 Å². The lowest BCUT2D eigenvalue weighted by Gasteiger charge is -2.56. The minimum absolute atomic E-state index is 0.0180. The van der Waals surface area contributed by atoms with E-state index in [1.165, 1.54) is 0 Å². The van der Waals surface area contributed by atoms with Crippen LogP contribution >= 0.6 is 0 Å². The summed E-state index contributed by atoms with van der Waals surface area (Å²) in [5.74, 6) is 0.0316. The van der Waals surface area contributed by atoms with Crippen molar-refractivity contribution < 1.29 is 35.1 Å². The van der Waals surface area contributed by atoms with Crippen molar-refractivity contribution >= 4 is 5.97 Å². The monoisotopic (exact) mass is 496 g/mol. The maximum absolute atomic E-state index is 13.0. The predicted octanol–water partition coefficient (Wildman–Crippen LogP) is 2.36. The van der Waals surface area contributed by atoms with Gasteiger partial charge >= 0.3 is 5.97 Å². The number of cyclic esters (lactones) is 1. The number of carbonyl (C=O) groups is 1. The molecule has 0 bridgehead atoms. The van der Waals surface area contributed by atoms with E-state index >= 15 is 0 Å². The van der Waals surface area contributed by atoms with Crippen LogP contribution in [0.25, 0.3) is 0 Å². The van der Waals surface area contributed by atoms with Gasteiger partial charge in [0.15, 0.2) is 0 Å². The van der Waals surface area contributed by atoms with Gasteiger partial charge in [-0.2, -0.15) is 0 Å². The first-order valence-electron chi connectivity index (χ1n) is 13.9. The molecular formula is C28H48O7. The molecule has 2 unspecified atom stereocenters. The van der Waals surface area contributed by atoms with E-state index in [4.69, 9.17) is 4.74 Å². The quantitative estimate of drug-likeness (QED) is 0.357. The molecular weight excluding hydrogens is 448 g/mol. The fourth-order valence-electron chi connectivity index (χ4n) is 9.06. The number of rotatable bonds is 6. The number of aliphatic hydroxyl groups excluding tert-OH is 5. The van der Waals surface area contributed by atoms with Gasteiger partial charge in [-0.25, -0.2) is 0 Å². The Morgan fingerprint density at radius 2 is 1.63 bits per heavy atom. The first kappa shape index (κ1) is 27.3. The Hall–Kier alpha value is -0.730. The van der Waals surface area contributed by atoms with Crippen LogP contribution < -0.4 is 0 Å². The number of hydrogen-bond donors (Lipinski definition) is 5. The molecule has 1 saturated heterocycles. The summed E-state index contributed by atoms with van der Waals surface area (Å²) in [6.45, 7) is 10.7. The van der Waals surface area contributed by atoms with Crippen molar-refractivity contribution in [2.75, 3.05) is 13.2 Å². The Morgan fingerprint density at radius 3 is 2.29 bits per heavy atom. The van der Waals surface area contributed by atoms with Gasteiger partial charge in [-0.1, -0.05) is 34.6 Å². The van der Waals surface area contributed by atoms with Crippen LogP contribution in [0, 0.1) is 58.2 Å². The number of aliphatic hydroxyl groups is 5. The zero-order valence-corrected chi connectivity index (χ0v) is 22.1. The lowest BCUT2D eigenvalue weighted by Crippen LogP contribution is -2.55. The fraction of sp³-hybridized carbons (Fsp3) is 0.964. The van der Waals surface area contributed by atoms with Crippen molar-refractivity contribution in [3.8, 4) is 0 Å². The zero-order valence-electron chi connectivity index (χ0n) is 22.1. The Bertz CT molecular complexity index is 774. The summed E-state index contributed by atoms with van der Waals surface area (Å²) < 4.78 is 5.85.